The minimum atomic E-state index is -4.79. The van der Waals surface area contributed by atoms with Crippen LogP contribution in [-0.2, 0) is 11.3 Å². The van der Waals surface area contributed by atoms with Gasteiger partial charge in [0.1, 0.15) is 6.10 Å². The van der Waals surface area contributed by atoms with Crippen molar-refractivity contribution in [1.29, 1.82) is 0 Å². The molecule has 3 aliphatic rings. The summed E-state index contributed by atoms with van der Waals surface area (Å²) in [6, 6.07) is 10.1. The number of amides is 1. The van der Waals surface area contributed by atoms with Crippen molar-refractivity contribution in [2.75, 3.05) is 31.1 Å². The highest BCUT2D eigenvalue weighted by Gasteiger charge is 2.54. The van der Waals surface area contributed by atoms with Gasteiger partial charge < -0.3 is 14.4 Å². The van der Waals surface area contributed by atoms with Gasteiger partial charge in [0.05, 0.1) is 24.5 Å². The van der Waals surface area contributed by atoms with E-state index in [0.29, 0.717) is 19.0 Å². The fraction of sp³-hybridized carbons (Fsp3) is 0.560. The van der Waals surface area contributed by atoms with Gasteiger partial charge in [0, 0.05) is 38.1 Å². The van der Waals surface area contributed by atoms with Crippen LogP contribution in [0.15, 0.2) is 42.7 Å². The lowest BCUT2D eigenvalue weighted by atomic mass is 9.61. The summed E-state index contributed by atoms with van der Waals surface area (Å²) < 4.78 is 46.8. The summed E-state index contributed by atoms with van der Waals surface area (Å²) in [5.74, 6) is -0.176. The summed E-state index contributed by atoms with van der Waals surface area (Å²) in [7, 11) is 0. The summed E-state index contributed by atoms with van der Waals surface area (Å²) in [5.41, 5.74) is 1.59. The zero-order valence-corrected chi connectivity index (χ0v) is 20.3. The highest BCUT2D eigenvalue weighted by atomic mass is 19.4. The van der Waals surface area contributed by atoms with E-state index in [1.807, 2.05) is 24.8 Å². The quantitative estimate of drug-likeness (QED) is 0.607. The molecule has 2 aliphatic heterocycles. The molecule has 0 bridgehead atoms. The number of aromatic nitrogens is 2. The monoisotopic (exact) mass is 505 g/mol. The van der Waals surface area contributed by atoms with Crippen LogP contribution in [0, 0.1) is 5.41 Å². The third-order valence-electron chi connectivity index (χ3n) is 7.22. The smallest absolute Gasteiger partial charge is 0.446 e. The molecule has 0 N–H and O–H groups in total. The Hall–Kier alpha value is -3.08. The molecule has 1 amide bonds. The maximum Gasteiger partial charge on any atom is 0.573 e. The third-order valence-corrected chi connectivity index (χ3v) is 7.22. The predicted octanol–water partition coefficient (Wildman–Crippen LogP) is 4.08. The van der Waals surface area contributed by atoms with Gasteiger partial charge in [-0.3, -0.25) is 9.80 Å². The third kappa shape index (κ3) is 5.35. The van der Waals surface area contributed by atoms with E-state index in [1.54, 1.807) is 4.90 Å². The summed E-state index contributed by atoms with van der Waals surface area (Å²) >= 11 is 0. The number of benzene rings is 1. The molecule has 2 atom stereocenters. The lowest BCUT2D eigenvalue weighted by Gasteiger charge is -2.58. The van der Waals surface area contributed by atoms with Crippen LogP contribution < -0.4 is 9.64 Å². The van der Waals surface area contributed by atoms with Gasteiger partial charge >= 0.3 is 12.5 Å². The highest BCUT2D eigenvalue weighted by molar-refractivity contribution is 5.69. The molecule has 0 radical (unpaired) electrons. The number of hydrogen-bond donors (Lipinski definition) is 0. The Kier molecular flexibility index (Phi) is 6.44. The summed E-state index contributed by atoms with van der Waals surface area (Å²) in [6.07, 6.45) is -1.37. The molecule has 1 aliphatic carbocycles. The second-order valence-electron chi connectivity index (χ2n) is 10.3. The molecule has 8 nitrogen and oxygen atoms in total. The highest BCUT2D eigenvalue weighted by Crippen LogP contribution is 2.50. The Morgan fingerprint density at radius 2 is 1.67 bits per heavy atom. The first-order valence-electron chi connectivity index (χ1n) is 12.2. The van der Waals surface area contributed by atoms with Crippen LogP contribution in [0.1, 0.15) is 32.3 Å². The predicted molar refractivity (Wildman–Crippen MR) is 125 cm³/mol. The van der Waals surface area contributed by atoms with Gasteiger partial charge in [-0.25, -0.2) is 14.8 Å². The molecule has 1 aromatic heterocycles. The van der Waals surface area contributed by atoms with Crippen molar-refractivity contribution in [3.8, 4) is 5.75 Å². The number of carbonyl (C=O) groups is 1. The largest absolute Gasteiger partial charge is 0.573 e. The minimum Gasteiger partial charge on any atom is -0.446 e. The van der Waals surface area contributed by atoms with Crippen LogP contribution in [0.4, 0.5) is 23.9 Å². The van der Waals surface area contributed by atoms with E-state index < -0.39 is 12.1 Å². The Morgan fingerprint density at radius 1 is 1.06 bits per heavy atom. The van der Waals surface area contributed by atoms with Crippen LogP contribution in [-0.4, -0.2) is 76.6 Å². The normalized spacial score (nSPS) is 24.2. The lowest BCUT2D eigenvalue weighted by Crippen LogP contribution is -2.65. The van der Waals surface area contributed by atoms with Gasteiger partial charge in [-0.15, -0.1) is 13.2 Å². The zero-order valence-electron chi connectivity index (χ0n) is 20.3. The van der Waals surface area contributed by atoms with Crippen molar-refractivity contribution in [3.63, 3.8) is 0 Å². The van der Waals surface area contributed by atoms with Gasteiger partial charge in [-0.1, -0.05) is 30.3 Å². The fourth-order valence-corrected chi connectivity index (χ4v) is 5.81. The Bertz CT molecular complexity index is 1040. The van der Waals surface area contributed by atoms with Gasteiger partial charge in [-0.2, -0.15) is 0 Å². The van der Waals surface area contributed by atoms with E-state index in [4.69, 9.17) is 4.74 Å². The fourth-order valence-electron chi connectivity index (χ4n) is 5.81. The topological polar surface area (TPSA) is 71.0 Å². The maximum absolute atomic E-state index is 13.0. The van der Waals surface area contributed by atoms with Gasteiger partial charge in [-0.05, 0) is 32.3 Å². The number of ether oxygens (including phenoxy) is 2. The molecule has 194 valence electrons. The van der Waals surface area contributed by atoms with Crippen molar-refractivity contribution in [1.82, 2.24) is 19.8 Å². The molecule has 36 heavy (non-hydrogen) atoms. The summed E-state index contributed by atoms with van der Waals surface area (Å²) in [6.45, 7) is 7.75. The van der Waals surface area contributed by atoms with E-state index in [2.05, 4.69) is 43.9 Å². The maximum atomic E-state index is 13.0. The molecule has 3 fully saturated rings. The second-order valence-corrected chi connectivity index (χ2v) is 10.3. The Labute approximate surface area is 208 Å². The van der Waals surface area contributed by atoms with Crippen LogP contribution in [0.25, 0.3) is 0 Å². The molecule has 1 spiro atoms. The zero-order chi connectivity index (χ0) is 25.5. The number of nitrogens with zero attached hydrogens (tertiary/aromatic N) is 5. The molecule has 1 saturated carbocycles. The first-order valence-corrected chi connectivity index (χ1v) is 12.2. The van der Waals surface area contributed by atoms with Gasteiger partial charge in [0.2, 0.25) is 5.95 Å². The van der Waals surface area contributed by atoms with Gasteiger partial charge in [0.15, 0.2) is 5.75 Å². The van der Waals surface area contributed by atoms with Crippen molar-refractivity contribution in [2.24, 2.45) is 5.41 Å². The molecular weight excluding hydrogens is 475 g/mol. The summed E-state index contributed by atoms with van der Waals surface area (Å²) in [5, 5.41) is 0. The van der Waals surface area contributed by atoms with Crippen molar-refractivity contribution in [2.45, 2.75) is 57.8 Å². The Balaban J connectivity index is 1.08. The van der Waals surface area contributed by atoms with Crippen LogP contribution in [0.5, 0.6) is 5.75 Å². The number of hydrogen-bond acceptors (Lipinski definition) is 7. The SMILES string of the molecule is C[C@@H]1CN(c2ncc(OC(F)(F)F)cn2)C[C@H](C)N1C(=O)OC1CC2(C1)CN(Cc1ccccc1)C2. The lowest BCUT2D eigenvalue weighted by molar-refractivity contribution is -0.274. The number of rotatable bonds is 5. The molecule has 3 heterocycles. The number of halogens is 3. The molecule has 1 aromatic carbocycles. The molecule has 11 heteroatoms. The van der Waals surface area contributed by atoms with Crippen LogP contribution in [0.2, 0.25) is 0 Å². The van der Waals surface area contributed by atoms with E-state index in [0.717, 1.165) is 44.9 Å². The molecule has 5 rings (SSSR count). The number of carbonyl (C=O) groups excluding carboxylic acids is 1. The van der Waals surface area contributed by atoms with Gasteiger partial charge in [0.25, 0.3) is 0 Å². The average Bonchev–Trinajstić information content (AvgIpc) is 2.76. The number of alkyl halides is 3. The van der Waals surface area contributed by atoms with E-state index in [1.165, 1.54) is 5.56 Å². The standard InChI is InChI=1S/C25H30F3N5O3/c1-17-12-32(22-29-10-21(11-30-22)36-25(26,27)28)13-18(2)33(17)23(34)35-20-8-24(9-20)15-31(16-24)14-19-6-4-3-5-7-19/h3-7,10-11,17-18,20H,8-9,12-16H2,1-2H3/t17-,18+. The minimum absolute atomic E-state index is 0.0571. The van der Waals surface area contributed by atoms with Crippen LogP contribution in [0.3, 0.4) is 0 Å². The first-order chi connectivity index (χ1) is 17.1. The number of anilines is 1. The van der Waals surface area contributed by atoms with E-state index >= 15 is 0 Å². The first kappa shape index (κ1) is 24.6. The van der Waals surface area contributed by atoms with Crippen LogP contribution >= 0.6 is 0 Å². The molecule has 2 saturated heterocycles. The van der Waals surface area contributed by atoms with Crippen molar-refractivity contribution in [3.05, 3.63) is 48.3 Å². The number of piperazine rings is 1. The molecule has 0 unspecified atom stereocenters. The van der Waals surface area contributed by atoms with E-state index in [9.17, 15) is 18.0 Å². The van der Waals surface area contributed by atoms with Crippen molar-refractivity contribution >= 4 is 12.0 Å². The molecular formula is C25H30F3N5O3. The second kappa shape index (κ2) is 9.42. The molecule has 2 aromatic rings. The number of likely N-dealkylation sites (tertiary alicyclic amines) is 1. The summed E-state index contributed by atoms with van der Waals surface area (Å²) in [4.78, 5) is 27.0. The van der Waals surface area contributed by atoms with E-state index in [-0.39, 0.29) is 29.7 Å². The Morgan fingerprint density at radius 3 is 2.25 bits per heavy atom. The van der Waals surface area contributed by atoms with Crippen molar-refractivity contribution < 1.29 is 27.4 Å². The average molecular weight is 506 g/mol.